The first-order valence-corrected chi connectivity index (χ1v) is 11.2. The van der Waals surface area contributed by atoms with Crippen LogP contribution in [0.1, 0.15) is 19.3 Å². The summed E-state index contributed by atoms with van der Waals surface area (Å²) in [5.41, 5.74) is 0.125. The summed E-state index contributed by atoms with van der Waals surface area (Å²) in [4.78, 5) is 26.2. The normalized spacial score (nSPS) is 18.0. The maximum atomic E-state index is 13.2. The number of benzene rings is 1. The SMILES string of the molecule is COC(=O)C1=C(C(=O)OC)N(c2cc(S(=O)(=O)N3CCCCC3)ccc2OC)COC1. The molecule has 0 aromatic heterocycles. The van der Waals surface area contributed by atoms with E-state index in [9.17, 15) is 18.0 Å². The van der Waals surface area contributed by atoms with Gasteiger partial charge in [-0.25, -0.2) is 18.0 Å². The van der Waals surface area contributed by atoms with E-state index in [1.165, 1.54) is 48.7 Å². The lowest BCUT2D eigenvalue weighted by molar-refractivity contribution is -0.140. The molecule has 1 aromatic carbocycles. The Labute approximate surface area is 181 Å². The summed E-state index contributed by atoms with van der Waals surface area (Å²) >= 11 is 0. The summed E-state index contributed by atoms with van der Waals surface area (Å²) in [6.07, 6.45) is 2.61. The van der Waals surface area contributed by atoms with Gasteiger partial charge in [-0.05, 0) is 31.0 Å². The van der Waals surface area contributed by atoms with Crippen LogP contribution in [0.15, 0.2) is 34.4 Å². The number of nitrogens with zero attached hydrogens (tertiary/aromatic N) is 2. The van der Waals surface area contributed by atoms with Crippen LogP contribution >= 0.6 is 0 Å². The molecule has 0 N–H and O–H groups in total. The number of esters is 2. The number of rotatable bonds is 6. The Morgan fingerprint density at radius 1 is 1.00 bits per heavy atom. The van der Waals surface area contributed by atoms with Crippen LogP contribution in [-0.4, -0.2) is 72.4 Å². The molecule has 11 heteroatoms. The zero-order valence-corrected chi connectivity index (χ0v) is 18.6. The van der Waals surface area contributed by atoms with Gasteiger partial charge in [-0.2, -0.15) is 4.31 Å². The number of carbonyl (C=O) groups excluding carboxylic acids is 2. The molecule has 0 aliphatic carbocycles. The number of carbonyl (C=O) groups is 2. The molecular formula is C20H26N2O8S. The van der Waals surface area contributed by atoms with Gasteiger partial charge in [0.1, 0.15) is 18.2 Å². The Morgan fingerprint density at radius 3 is 2.29 bits per heavy atom. The van der Waals surface area contributed by atoms with E-state index in [1.54, 1.807) is 0 Å². The first kappa shape index (κ1) is 23.0. The second-order valence-electron chi connectivity index (χ2n) is 7.01. The Hall–Kier alpha value is -2.63. The predicted molar refractivity (Wildman–Crippen MR) is 110 cm³/mol. The van der Waals surface area contributed by atoms with E-state index in [0.29, 0.717) is 18.8 Å². The zero-order chi connectivity index (χ0) is 22.6. The Bertz CT molecular complexity index is 983. The van der Waals surface area contributed by atoms with Gasteiger partial charge >= 0.3 is 11.9 Å². The summed E-state index contributed by atoms with van der Waals surface area (Å²) in [7, 11) is 0.0592. The molecule has 1 fully saturated rings. The lowest BCUT2D eigenvalue weighted by atomic mass is 10.1. The van der Waals surface area contributed by atoms with Gasteiger partial charge in [0.25, 0.3) is 0 Å². The second kappa shape index (κ2) is 9.67. The summed E-state index contributed by atoms with van der Waals surface area (Å²) in [5.74, 6) is -1.23. The van der Waals surface area contributed by atoms with Crippen molar-refractivity contribution in [2.45, 2.75) is 24.2 Å². The third-order valence-corrected chi connectivity index (χ3v) is 7.12. The Kier molecular flexibility index (Phi) is 7.19. The van der Waals surface area contributed by atoms with Gasteiger partial charge in [0.05, 0.1) is 44.1 Å². The van der Waals surface area contributed by atoms with Crippen LogP contribution < -0.4 is 9.64 Å². The minimum Gasteiger partial charge on any atom is -0.495 e. The standard InChI is InChI=1S/C20H26N2O8S/c1-27-17-8-7-14(31(25,26)21-9-5-4-6-10-21)11-16(17)22-13-30-12-15(19(23)28-2)18(22)20(24)29-3/h7-8,11H,4-6,9-10,12-13H2,1-3H3. The third-order valence-electron chi connectivity index (χ3n) is 5.23. The second-order valence-corrected chi connectivity index (χ2v) is 8.95. The van der Waals surface area contributed by atoms with Gasteiger partial charge in [0.2, 0.25) is 10.0 Å². The summed E-state index contributed by atoms with van der Waals surface area (Å²) in [6.45, 7) is 0.642. The number of ether oxygens (including phenoxy) is 4. The van der Waals surface area contributed by atoms with Crippen molar-refractivity contribution in [3.63, 3.8) is 0 Å². The zero-order valence-electron chi connectivity index (χ0n) is 17.8. The van der Waals surface area contributed by atoms with Crippen molar-refractivity contribution in [2.24, 2.45) is 0 Å². The Morgan fingerprint density at radius 2 is 1.68 bits per heavy atom. The fourth-order valence-corrected chi connectivity index (χ4v) is 5.17. The van der Waals surface area contributed by atoms with E-state index in [0.717, 1.165) is 19.3 Å². The molecule has 31 heavy (non-hydrogen) atoms. The molecular weight excluding hydrogens is 428 g/mol. The molecule has 0 bridgehead atoms. The highest BCUT2D eigenvalue weighted by Crippen LogP contribution is 2.36. The van der Waals surface area contributed by atoms with Gasteiger partial charge in [0.15, 0.2) is 0 Å². The molecule has 0 unspecified atom stereocenters. The average molecular weight is 455 g/mol. The lowest BCUT2D eigenvalue weighted by Crippen LogP contribution is -2.39. The molecule has 10 nitrogen and oxygen atoms in total. The van der Waals surface area contributed by atoms with Crippen LogP contribution in [0, 0.1) is 0 Å². The van der Waals surface area contributed by atoms with E-state index in [-0.39, 0.29) is 35.2 Å². The number of hydrogen-bond donors (Lipinski definition) is 0. The third kappa shape index (κ3) is 4.53. The van der Waals surface area contributed by atoms with Crippen molar-refractivity contribution in [1.82, 2.24) is 4.31 Å². The van der Waals surface area contributed by atoms with E-state index >= 15 is 0 Å². The lowest BCUT2D eigenvalue weighted by Gasteiger charge is -2.32. The maximum Gasteiger partial charge on any atom is 0.355 e. The molecule has 2 aliphatic heterocycles. The van der Waals surface area contributed by atoms with E-state index < -0.39 is 22.0 Å². The predicted octanol–water partition coefficient (Wildman–Crippen LogP) is 1.26. The largest absolute Gasteiger partial charge is 0.495 e. The fourth-order valence-electron chi connectivity index (χ4n) is 3.63. The molecule has 170 valence electrons. The molecule has 2 heterocycles. The minimum atomic E-state index is -3.74. The van der Waals surface area contributed by atoms with Gasteiger partial charge in [-0.3, -0.25) is 0 Å². The van der Waals surface area contributed by atoms with E-state index in [4.69, 9.17) is 18.9 Å². The molecule has 0 spiro atoms. The van der Waals surface area contributed by atoms with Crippen LogP contribution in [0.3, 0.4) is 0 Å². The van der Waals surface area contributed by atoms with Crippen molar-refractivity contribution in [2.75, 3.05) is 52.7 Å². The molecule has 0 atom stereocenters. The van der Waals surface area contributed by atoms with Crippen molar-refractivity contribution in [1.29, 1.82) is 0 Å². The average Bonchev–Trinajstić information content (AvgIpc) is 2.82. The maximum absolute atomic E-state index is 13.2. The topological polar surface area (TPSA) is 112 Å². The first-order valence-electron chi connectivity index (χ1n) is 9.78. The highest BCUT2D eigenvalue weighted by molar-refractivity contribution is 7.89. The van der Waals surface area contributed by atoms with Crippen molar-refractivity contribution < 1.29 is 37.0 Å². The number of anilines is 1. The van der Waals surface area contributed by atoms with Crippen LogP contribution in [-0.2, 0) is 33.8 Å². The van der Waals surface area contributed by atoms with E-state index in [2.05, 4.69) is 0 Å². The monoisotopic (exact) mass is 454 g/mol. The number of hydrogen-bond acceptors (Lipinski definition) is 9. The number of sulfonamides is 1. The van der Waals surface area contributed by atoms with Crippen molar-refractivity contribution in [3.8, 4) is 5.75 Å². The van der Waals surface area contributed by atoms with Gasteiger partial charge < -0.3 is 23.8 Å². The van der Waals surface area contributed by atoms with Crippen molar-refractivity contribution >= 4 is 27.6 Å². The first-order chi connectivity index (χ1) is 14.8. The van der Waals surface area contributed by atoms with Crippen LogP contribution in [0.25, 0.3) is 0 Å². The highest BCUT2D eigenvalue weighted by Gasteiger charge is 2.35. The fraction of sp³-hybridized carbons (Fsp3) is 0.500. The van der Waals surface area contributed by atoms with Crippen LogP contribution in [0.4, 0.5) is 5.69 Å². The molecule has 0 amide bonds. The smallest absolute Gasteiger partial charge is 0.355 e. The van der Waals surface area contributed by atoms with Crippen LogP contribution in [0.2, 0.25) is 0 Å². The highest BCUT2D eigenvalue weighted by atomic mass is 32.2. The van der Waals surface area contributed by atoms with Crippen molar-refractivity contribution in [3.05, 3.63) is 29.5 Å². The molecule has 2 aliphatic rings. The number of piperidine rings is 1. The van der Waals surface area contributed by atoms with Gasteiger partial charge in [-0.1, -0.05) is 6.42 Å². The number of methoxy groups -OCH3 is 3. The quantitative estimate of drug-likeness (QED) is 0.587. The van der Waals surface area contributed by atoms with E-state index in [1.807, 2.05) is 0 Å². The minimum absolute atomic E-state index is 0.0352. The summed E-state index contributed by atoms with van der Waals surface area (Å²) in [5, 5.41) is 0. The summed E-state index contributed by atoms with van der Waals surface area (Å²) < 4.78 is 48.3. The molecule has 1 saturated heterocycles. The molecule has 0 radical (unpaired) electrons. The van der Waals surface area contributed by atoms with Gasteiger partial charge in [0, 0.05) is 13.1 Å². The molecule has 3 rings (SSSR count). The molecule has 0 saturated carbocycles. The van der Waals surface area contributed by atoms with Crippen LogP contribution in [0.5, 0.6) is 5.75 Å². The van der Waals surface area contributed by atoms with Gasteiger partial charge in [-0.15, -0.1) is 0 Å². The Balaban J connectivity index is 2.12. The molecule has 1 aromatic rings. The summed E-state index contributed by atoms with van der Waals surface area (Å²) in [6, 6.07) is 4.38.